The summed E-state index contributed by atoms with van der Waals surface area (Å²) in [5, 5.41) is 14.6. The van der Waals surface area contributed by atoms with E-state index in [1.54, 1.807) is 12.0 Å². The van der Waals surface area contributed by atoms with Gasteiger partial charge >= 0.3 is 6.09 Å². The van der Waals surface area contributed by atoms with E-state index in [2.05, 4.69) is 58.2 Å². The van der Waals surface area contributed by atoms with Crippen molar-refractivity contribution in [3.63, 3.8) is 0 Å². The van der Waals surface area contributed by atoms with Crippen LogP contribution >= 0.6 is 0 Å². The second kappa shape index (κ2) is 15.1. The number of methoxy groups -OCH3 is 1. The van der Waals surface area contributed by atoms with E-state index in [0.717, 1.165) is 61.8 Å². The van der Waals surface area contributed by atoms with Crippen LogP contribution in [0.2, 0.25) is 0 Å². The molecule has 4 saturated carbocycles. The summed E-state index contributed by atoms with van der Waals surface area (Å²) in [6.07, 6.45) is 16.4. The van der Waals surface area contributed by atoms with E-state index in [1.807, 2.05) is 28.0 Å². The molecule has 3 heterocycles. The second-order valence-corrected chi connectivity index (χ2v) is 17.2. The molecular weight excluding hydrogens is 667 g/mol. The highest BCUT2D eigenvalue weighted by Crippen LogP contribution is 2.58. The highest BCUT2D eigenvalue weighted by atomic mass is 16.6. The molecule has 1 N–H and O–H groups in total. The van der Waals surface area contributed by atoms with E-state index in [1.165, 1.54) is 11.1 Å². The van der Waals surface area contributed by atoms with Crippen molar-refractivity contribution in [3.05, 3.63) is 60.0 Å². The molecule has 0 radical (unpaired) electrons. The Balaban J connectivity index is 1.09. The Morgan fingerprint density at radius 3 is 2.30 bits per heavy atom. The summed E-state index contributed by atoms with van der Waals surface area (Å²) >= 11 is 0. The van der Waals surface area contributed by atoms with Crippen LogP contribution in [-0.4, -0.2) is 75.7 Å². The van der Waals surface area contributed by atoms with Gasteiger partial charge < -0.3 is 19.5 Å². The van der Waals surface area contributed by atoms with Crippen molar-refractivity contribution in [2.45, 2.75) is 134 Å². The monoisotopic (exact) mass is 725 g/mol. The molecule has 0 spiro atoms. The van der Waals surface area contributed by atoms with Crippen LogP contribution in [0.4, 0.5) is 10.6 Å². The van der Waals surface area contributed by atoms with E-state index in [0.29, 0.717) is 64.0 Å². The standard InChI is InChI=1S/C43H59N5O5/c1-6-41(3,4)48-28-33(27-45-48)32-13-22-44-38(26-32)47(39(50)31-7-10-36(11-8-31)53-40(51)46-23-14-35(49)15-24-46)29-42-16-19-43(20-17-42,21-18-42)34-9-12-37(52-5)30(2)25-34/h9,12-13,22,25-28,31,35-36,49H,6-8,10-11,14-21,23-24,29H2,1-5H3/t31-,36-,42?,43?. The van der Waals surface area contributed by atoms with E-state index in [9.17, 15) is 14.7 Å². The first kappa shape index (κ1) is 37.4. The fraction of sp³-hybridized carbons (Fsp3) is 0.628. The van der Waals surface area contributed by atoms with E-state index >= 15 is 0 Å². The molecule has 10 nitrogen and oxygen atoms in total. The summed E-state index contributed by atoms with van der Waals surface area (Å²) in [5.41, 5.74) is 4.76. The Morgan fingerprint density at radius 2 is 1.66 bits per heavy atom. The first-order chi connectivity index (χ1) is 25.4. The molecule has 5 fully saturated rings. The lowest BCUT2D eigenvalue weighted by molar-refractivity contribution is -0.124. The molecular formula is C43H59N5O5. The summed E-state index contributed by atoms with van der Waals surface area (Å²) in [6.45, 7) is 10.4. The zero-order valence-corrected chi connectivity index (χ0v) is 32.5. The number of nitrogens with zero attached hydrogens (tertiary/aromatic N) is 5. The number of fused-ring (bicyclic) bond motifs is 3. The van der Waals surface area contributed by atoms with Crippen molar-refractivity contribution in [2.75, 3.05) is 31.6 Å². The van der Waals surface area contributed by atoms with Crippen LogP contribution < -0.4 is 9.64 Å². The van der Waals surface area contributed by atoms with Gasteiger partial charge in [-0.25, -0.2) is 9.78 Å². The van der Waals surface area contributed by atoms with Gasteiger partial charge in [0.25, 0.3) is 0 Å². The lowest BCUT2D eigenvalue weighted by Gasteiger charge is -2.55. The van der Waals surface area contributed by atoms with Crippen LogP contribution in [0, 0.1) is 18.3 Å². The van der Waals surface area contributed by atoms with Gasteiger partial charge in [-0.2, -0.15) is 5.10 Å². The van der Waals surface area contributed by atoms with Gasteiger partial charge in [0, 0.05) is 43.5 Å². The number of aryl methyl sites for hydroxylation is 1. The fourth-order valence-electron chi connectivity index (χ4n) is 9.37. The van der Waals surface area contributed by atoms with E-state index < -0.39 is 0 Å². The van der Waals surface area contributed by atoms with Crippen LogP contribution in [0.25, 0.3) is 11.1 Å². The molecule has 2 aromatic heterocycles. The molecule has 1 aromatic carbocycles. The topological polar surface area (TPSA) is 110 Å². The Labute approximate surface area is 315 Å². The van der Waals surface area contributed by atoms with Gasteiger partial charge in [-0.1, -0.05) is 19.1 Å². The fourth-order valence-corrected chi connectivity index (χ4v) is 9.37. The van der Waals surface area contributed by atoms with Crippen LogP contribution in [-0.2, 0) is 20.5 Å². The molecule has 3 aromatic rings. The number of pyridine rings is 1. The minimum atomic E-state index is -0.341. The van der Waals surface area contributed by atoms with Crippen molar-refractivity contribution < 1.29 is 24.2 Å². The number of carbonyl (C=O) groups is 2. The number of hydrogen-bond donors (Lipinski definition) is 1. The maximum atomic E-state index is 14.8. The molecule has 5 aliphatic rings. The third kappa shape index (κ3) is 7.71. The second-order valence-electron chi connectivity index (χ2n) is 17.2. The van der Waals surface area contributed by atoms with E-state index in [4.69, 9.17) is 19.6 Å². The number of anilines is 1. The van der Waals surface area contributed by atoms with Crippen molar-refractivity contribution in [3.8, 4) is 16.9 Å². The van der Waals surface area contributed by atoms with Crippen molar-refractivity contribution in [1.29, 1.82) is 0 Å². The number of amides is 2. The van der Waals surface area contributed by atoms with Gasteiger partial charge in [-0.15, -0.1) is 0 Å². The molecule has 10 heteroatoms. The summed E-state index contributed by atoms with van der Waals surface area (Å²) in [6, 6.07) is 10.8. The van der Waals surface area contributed by atoms with Crippen molar-refractivity contribution >= 4 is 17.8 Å². The van der Waals surface area contributed by atoms with Crippen molar-refractivity contribution in [2.24, 2.45) is 11.3 Å². The number of hydrogen-bond acceptors (Lipinski definition) is 7. The summed E-state index contributed by atoms with van der Waals surface area (Å²) in [4.78, 5) is 36.3. The molecule has 8 rings (SSSR count). The predicted molar refractivity (Wildman–Crippen MR) is 206 cm³/mol. The average molecular weight is 726 g/mol. The van der Waals surface area contributed by atoms with Gasteiger partial charge in [0.2, 0.25) is 5.91 Å². The van der Waals surface area contributed by atoms with Crippen LogP contribution in [0.3, 0.4) is 0 Å². The number of aliphatic hydroxyl groups excluding tert-OH is 1. The van der Waals surface area contributed by atoms with Crippen LogP contribution in [0.15, 0.2) is 48.9 Å². The SMILES string of the molecule is CCC(C)(C)n1cc(-c2ccnc(N(CC34CCC(c5ccc(OC)c(C)c5)(CC3)CC4)C(=O)[C@H]3CC[C@H](OC(=O)N4CCC(O)CC4)CC3)c2)cn1. The van der Waals surface area contributed by atoms with Gasteiger partial charge in [0.05, 0.1) is 24.9 Å². The molecule has 4 aliphatic carbocycles. The number of benzene rings is 1. The normalized spacial score (nSPS) is 26.3. The molecule has 2 bridgehead atoms. The van der Waals surface area contributed by atoms with Gasteiger partial charge in [0.1, 0.15) is 17.7 Å². The number of carbonyl (C=O) groups excluding carboxylic acids is 2. The average Bonchev–Trinajstić information content (AvgIpc) is 3.70. The van der Waals surface area contributed by atoms with Crippen LogP contribution in [0.1, 0.15) is 115 Å². The molecule has 0 unspecified atom stereocenters. The lowest BCUT2D eigenvalue weighted by Crippen LogP contribution is -2.52. The maximum Gasteiger partial charge on any atom is 0.410 e. The lowest BCUT2D eigenvalue weighted by atomic mass is 9.51. The predicted octanol–water partition coefficient (Wildman–Crippen LogP) is 8.18. The summed E-state index contributed by atoms with van der Waals surface area (Å²) in [7, 11) is 1.73. The number of aromatic nitrogens is 3. The number of piperidine rings is 1. The molecule has 1 saturated heterocycles. The third-order valence-corrected chi connectivity index (χ3v) is 13.6. The zero-order chi connectivity index (χ0) is 37.4. The van der Waals surface area contributed by atoms with E-state index in [-0.39, 0.29) is 46.5 Å². The third-order valence-electron chi connectivity index (χ3n) is 13.6. The number of aliphatic hydroxyl groups is 1. The Bertz CT molecular complexity index is 1750. The first-order valence-corrected chi connectivity index (χ1v) is 20.0. The van der Waals surface area contributed by atoms with Gasteiger partial charge in [-0.3, -0.25) is 14.4 Å². The van der Waals surface area contributed by atoms with Crippen molar-refractivity contribution in [1.82, 2.24) is 19.7 Å². The minimum absolute atomic E-state index is 0.0431. The number of likely N-dealkylation sites (tertiary alicyclic amines) is 1. The van der Waals surface area contributed by atoms with Gasteiger partial charge in [-0.05, 0) is 150 Å². The highest BCUT2D eigenvalue weighted by molar-refractivity contribution is 5.95. The number of ether oxygens (including phenoxy) is 2. The quantitative estimate of drug-likeness (QED) is 0.225. The minimum Gasteiger partial charge on any atom is -0.496 e. The molecule has 0 atom stereocenters. The smallest absolute Gasteiger partial charge is 0.410 e. The summed E-state index contributed by atoms with van der Waals surface area (Å²) < 4.78 is 13.5. The Morgan fingerprint density at radius 1 is 0.962 bits per heavy atom. The highest BCUT2D eigenvalue weighted by Gasteiger charge is 2.51. The molecule has 53 heavy (non-hydrogen) atoms. The first-order valence-electron chi connectivity index (χ1n) is 20.0. The summed E-state index contributed by atoms with van der Waals surface area (Å²) in [5.74, 6) is 1.62. The Kier molecular flexibility index (Phi) is 10.6. The zero-order valence-electron chi connectivity index (χ0n) is 32.5. The van der Waals surface area contributed by atoms with Crippen LogP contribution in [0.5, 0.6) is 5.75 Å². The molecule has 286 valence electrons. The largest absolute Gasteiger partial charge is 0.496 e. The van der Waals surface area contributed by atoms with Gasteiger partial charge in [0.15, 0.2) is 0 Å². The molecule has 2 amide bonds. The number of rotatable bonds is 10. The maximum absolute atomic E-state index is 14.8. The Hall–Kier alpha value is -3.92. The molecule has 1 aliphatic heterocycles.